The third-order valence-corrected chi connectivity index (χ3v) is 8.96. The molecule has 0 amide bonds. The van der Waals surface area contributed by atoms with Gasteiger partial charge in [0.1, 0.15) is 11.3 Å². The van der Waals surface area contributed by atoms with Crippen LogP contribution in [0.25, 0.3) is 11.2 Å². The van der Waals surface area contributed by atoms with Gasteiger partial charge in [0, 0.05) is 22.4 Å². The standard InChI is InChI=1S/C25H23N3O2S2/c1-4-21-27-22-16(3)11-12-26-23(22)28(21)14-17-7-10-19-20(13-17)32-25(31-19,24(29)30)18-8-5-15(2)6-9-18/h5-13H,4,14H2,1-3H3,(H,29,30). The molecule has 32 heavy (non-hydrogen) atoms. The zero-order valence-corrected chi connectivity index (χ0v) is 19.8. The summed E-state index contributed by atoms with van der Waals surface area (Å²) in [6, 6.07) is 16.0. The summed E-state index contributed by atoms with van der Waals surface area (Å²) in [7, 11) is 0. The van der Waals surface area contributed by atoms with E-state index in [9.17, 15) is 9.90 Å². The second kappa shape index (κ2) is 7.98. The van der Waals surface area contributed by atoms with Crippen molar-refractivity contribution in [2.24, 2.45) is 0 Å². The molecule has 3 heterocycles. The van der Waals surface area contributed by atoms with Gasteiger partial charge in [0.2, 0.25) is 0 Å². The third kappa shape index (κ3) is 3.40. The molecule has 0 bridgehead atoms. The van der Waals surface area contributed by atoms with E-state index >= 15 is 0 Å². The molecular weight excluding hydrogens is 438 g/mol. The molecule has 162 valence electrons. The zero-order chi connectivity index (χ0) is 22.5. The highest BCUT2D eigenvalue weighted by Crippen LogP contribution is 2.61. The van der Waals surface area contributed by atoms with E-state index in [1.54, 1.807) is 0 Å². The molecule has 4 aromatic rings. The van der Waals surface area contributed by atoms with E-state index in [1.807, 2.05) is 49.5 Å². The number of carboxylic acids is 1. The molecule has 0 fully saturated rings. The first kappa shape index (κ1) is 21.1. The number of aryl methyl sites for hydroxylation is 3. The van der Waals surface area contributed by atoms with Gasteiger partial charge in [0.15, 0.2) is 9.73 Å². The zero-order valence-electron chi connectivity index (χ0n) is 18.1. The number of imidazole rings is 1. The fraction of sp³-hybridized carbons (Fsp3) is 0.240. The lowest BCUT2D eigenvalue weighted by atomic mass is 10.1. The summed E-state index contributed by atoms with van der Waals surface area (Å²) in [6.07, 6.45) is 2.65. The minimum absolute atomic E-state index is 0.652. The molecule has 0 aliphatic carbocycles. The fourth-order valence-electron chi connectivity index (χ4n) is 4.05. The highest BCUT2D eigenvalue weighted by atomic mass is 32.2. The first-order chi connectivity index (χ1) is 15.4. The molecule has 1 aliphatic rings. The molecule has 5 rings (SSSR count). The number of thioether (sulfide) groups is 2. The molecule has 2 aromatic carbocycles. The number of aliphatic carboxylic acids is 1. The van der Waals surface area contributed by atoms with Crippen LogP contribution in [0.1, 0.15) is 35.0 Å². The maximum atomic E-state index is 12.4. The first-order valence-electron chi connectivity index (χ1n) is 10.5. The maximum Gasteiger partial charge on any atom is 0.335 e. The Labute approximate surface area is 195 Å². The Morgan fingerprint density at radius 3 is 2.53 bits per heavy atom. The summed E-state index contributed by atoms with van der Waals surface area (Å²) in [5, 5.41) is 10.2. The number of hydrogen-bond acceptors (Lipinski definition) is 5. The van der Waals surface area contributed by atoms with Gasteiger partial charge in [0.25, 0.3) is 0 Å². The Kier molecular flexibility index (Phi) is 5.26. The lowest BCUT2D eigenvalue weighted by Crippen LogP contribution is -2.26. The molecule has 7 heteroatoms. The van der Waals surface area contributed by atoms with Gasteiger partial charge in [-0.15, -0.1) is 0 Å². The highest BCUT2D eigenvalue weighted by molar-refractivity contribution is 8.21. The molecule has 0 saturated carbocycles. The third-order valence-electron chi connectivity index (χ3n) is 5.80. The van der Waals surface area contributed by atoms with Crippen LogP contribution in [0.2, 0.25) is 0 Å². The molecule has 1 N–H and O–H groups in total. The Hall–Kier alpha value is -2.77. The normalized spacial score (nSPS) is 17.6. The summed E-state index contributed by atoms with van der Waals surface area (Å²) < 4.78 is 1.10. The van der Waals surface area contributed by atoms with Crippen molar-refractivity contribution in [2.45, 2.75) is 47.6 Å². The topological polar surface area (TPSA) is 68.0 Å². The van der Waals surface area contributed by atoms with Gasteiger partial charge in [-0.05, 0) is 48.7 Å². The predicted molar refractivity (Wildman–Crippen MR) is 129 cm³/mol. The molecule has 0 radical (unpaired) electrons. The van der Waals surface area contributed by atoms with Crippen LogP contribution in [0.4, 0.5) is 0 Å². The maximum absolute atomic E-state index is 12.4. The number of nitrogens with zero attached hydrogens (tertiary/aromatic N) is 3. The number of carbonyl (C=O) groups is 1. The molecule has 1 unspecified atom stereocenters. The number of aromatic nitrogens is 3. The summed E-state index contributed by atoms with van der Waals surface area (Å²) in [5.74, 6) is 0.173. The molecular formula is C25H23N3O2S2. The first-order valence-corrected chi connectivity index (χ1v) is 12.2. The molecule has 1 aliphatic heterocycles. The molecule has 0 saturated heterocycles. The average Bonchev–Trinajstić information content (AvgIpc) is 3.34. The van der Waals surface area contributed by atoms with Crippen molar-refractivity contribution in [1.29, 1.82) is 0 Å². The van der Waals surface area contributed by atoms with E-state index in [2.05, 4.69) is 35.5 Å². The van der Waals surface area contributed by atoms with Crippen molar-refractivity contribution in [1.82, 2.24) is 14.5 Å². The van der Waals surface area contributed by atoms with Crippen LogP contribution in [0.3, 0.4) is 0 Å². The molecule has 0 spiro atoms. The van der Waals surface area contributed by atoms with Gasteiger partial charge in [-0.1, -0.05) is 66.3 Å². The van der Waals surface area contributed by atoms with Crippen molar-refractivity contribution in [3.63, 3.8) is 0 Å². The van der Waals surface area contributed by atoms with Crippen LogP contribution < -0.4 is 0 Å². The van der Waals surface area contributed by atoms with Gasteiger partial charge in [-0.25, -0.2) is 14.8 Å². The van der Waals surface area contributed by atoms with Crippen molar-refractivity contribution < 1.29 is 9.90 Å². The van der Waals surface area contributed by atoms with Gasteiger partial charge in [-0.3, -0.25) is 0 Å². The van der Waals surface area contributed by atoms with Crippen molar-refractivity contribution in [3.05, 3.63) is 82.8 Å². The van der Waals surface area contributed by atoms with Gasteiger partial charge < -0.3 is 9.67 Å². The average molecular weight is 462 g/mol. The van der Waals surface area contributed by atoms with Crippen molar-refractivity contribution >= 4 is 40.7 Å². The largest absolute Gasteiger partial charge is 0.479 e. The molecule has 1 atom stereocenters. The molecule has 5 nitrogen and oxygen atoms in total. The van der Waals surface area contributed by atoms with Gasteiger partial charge in [0.05, 0.1) is 6.54 Å². The van der Waals surface area contributed by atoms with Gasteiger partial charge in [-0.2, -0.15) is 0 Å². The Morgan fingerprint density at radius 1 is 1.06 bits per heavy atom. The number of carboxylic acid groups (broad SMARTS) is 1. The monoisotopic (exact) mass is 461 g/mol. The quantitative estimate of drug-likeness (QED) is 0.405. The number of pyridine rings is 1. The second-order valence-electron chi connectivity index (χ2n) is 8.04. The smallest absolute Gasteiger partial charge is 0.335 e. The fourth-order valence-corrected chi connectivity index (χ4v) is 6.98. The van der Waals surface area contributed by atoms with E-state index in [4.69, 9.17) is 4.98 Å². The Bertz CT molecular complexity index is 1350. The minimum Gasteiger partial charge on any atom is -0.479 e. The van der Waals surface area contributed by atoms with E-state index < -0.39 is 10.0 Å². The number of rotatable bonds is 5. The van der Waals surface area contributed by atoms with E-state index in [1.165, 1.54) is 23.5 Å². The molecule has 2 aromatic heterocycles. The summed E-state index contributed by atoms with van der Waals surface area (Å²) in [4.78, 5) is 23.8. The van der Waals surface area contributed by atoms with Crippen LogP contribution >= 0.6 is 23.5 Å². The predicted octanol–water partition coefficient (Wildman–Crippen LogP) is 5.79. The van der Waals surface area contributed by atoms with Crippen LogP contribution in [0.15, 0.2) is 64.5 Å². The van der Waals surface area contributed by atoms with Crippen molar-refractivity contribution in [3.8, 4) is 0 Å². The Balaban J connectivity index is 1.51. The van der Waals surface area contributed by atoms with Crippen LogP contribution in [-0.4, -0.2) is 25.6 Å². The van der Waals surface area contributed by atoms with Crippen LogP contribution in [0, 0.1) is 13.8 Å². The van der Waals surface area contributed by atoms with Crippen molar-refractivity contribution in [2.75, 3.05) is 0 Å². The van der Waals surface area contributed by atoms with Crippen LogP contribution in [-0.2, 0) is 21.8 Å². The minimum atomic E-state index is -1.07. The summed E-state index contributed by atoms with van der Waals surface area (Å²) in [5.41, 5.74) is 5.98. The van der Waals surface area contributed by atoms with Gasteiger partial charge >= 0.3 is 5.97 Å². The summed E-state index contributed by atoms with van der Waals surface area (Å²) in [6.45, 7) is 6.82. The SMILES string of the molecule is CCc1nc2c(C)ccnc2n1Cc1ccc2c(c1)SC(C(=O)O)(c1ccc(C)cc1)S2. The number of benzene rings is 2. The lowest BCUT2D eigenvalue weighted by molar-refractivity contribution is -0.137. The van der Waals surface area contributed by atoms with E-state index in [-0.39, 0.29) is 0 Å². The van der Waals surface area contributed by atoms with E-state index in [0.717, 1.165) is 55.5 Å². The summed E-state index contributed by atoms with van der Waals surface area (Å²) >= 11 is 2.83. The van der Waals surface area contributed by atoms with E-state index in [0.29, 0.717) is 6.54 Å². The highest BCUT2D eigenvalue weighted by Gasteiger charge is 2.48. The lowest BCUT2D eigenvalue weighted by Gasteiger charge is -2.22. The number of hydrogen-bond donors (Lipinski definition) is 1. The Morgan fingerprint density at radius 2 is 1.81 bits per heavy atom. The second-order valence-corrected chi connectivity index (χ2v) is 10.8. The number of fused-ring (bicyclic) bond motifs is 2. The van der Waals surface area contributed by atoms with Crippen LogP contribution in [0.5, 0.6) is 0 Å².